The molecule has 2 amide bonds. The van der Waals surface area contributed by atoms with Crippen molar-refractivity contribution in [2.75, 3.05) is 25.0 Å². The van der Waals surface area contributed by atoms with Crippen LogP contribution in [0.5, 0.6) is 0 Å². The predicted molar refractivity (Wildman–Crippen MR) is 140 cm³/mol. The maximum absolute atomic E-state index is 13.3. The molecule has 4 rings (SSSR count). The molecular weight excluding hydrogens is 502 g/mol. The molecule has 198 valence electrons. The van der Waals surface area contributed by atoms with Crippen LogP contribution in [0.1, 0.15) is 53.0 Å². The molecule has 0 unspecified atom stereocenters. The highest BCUT2D eigenvalue weighted by molar-refractivity contribution is 7.86. The van der Waals surface area contributed by atoms with E-state index in [1.807, 2.05) is 45.9 Å². The number of nitrogens with zero attached hydrogens (tertiary/aromatic N) is 4. The number of thiazole rings is 1. The van der Waals surface area contributed by atoms with Crippen molar-refractivity contribution in [3.8, 4) is 0 Å². The lowest BCUT2D eigenvalue weighted by molar-refractivity contribution is -0.120. The van der Waals surface area contributed by atoms with Crippen LogP contribution >= 0.6 is 11.3 Å². The number of amides is 2. The summed E-state index contributed by atoms with van der Waals surface area (Å²) in [7, 11) is -2.05. The second-order valence-electron chi connectivity index (χ2n) is 10.4. The van der Waals surface area contributed by atoms with Gasteiger partial charge in [0.25, 0.3) is 10.2 Å². The van der Waals surface area contributed by atoms with Gasteiger partial charge in [-0.05, 0) is 51.3 Å². The van der Waals surface area contributed by atoms with Crippen LogP contribution in [0.2, 0.25) is 0 Å². The zero-order valence-electron chi connectivity index (χ0n) is 21.6. The van der Waals surface area contributed by atoms with Crippen LogP contribution in [0.3, 0.4) is 0 Å². The first-order valence-corrected chi connectivity index (χ1v) is 14.5. The van der Waals surface area contributed by atoms with E-state index in [1.165, 1.54) is 19.9 Å². The average Bonchev–Trinajstić information content (AvgIpc) is 3.46. The van der Waals surface area contributed by atoms with Crippen LogP contribution in [0.15, 0.2) is 18.2 Å². The van der Waals surface area contributed by atoms with Crippen molar-refractivity contribution in [2.45, 2.75) is 71.7 Å². The minimum absolute atomic E-state index is 0.103. The van der Waals surface area contributed by atoms with Gasteiger partial charge in [-0.1, -0.05) is 31.3 Å². The van der Waals surface area contributed by atoms with Crippen LogP contribution in [-0.4, -0.2) is 71.8 Å². The molecular formula is C24H35N5O5S2. The zero-order chi connectivity index (χ0) is 26.4. The van der Waals surface area contributed by atoms with E-state index >= 15 is 0 Å². The number of aromatic nitrogens is 1. The third-order valence-electron chi connectivity index (χ3n) is 6.55. The van der Waals surface area contributed by atoms with Crippen LogP contribution in [0.4, 0.5) is 9.93 Å². The number of hydrogen-bond acceptors (Lipinski definition) is 7. The molecule has 12 heteroatoms. The fraction of sp³-hybridized carbons (Fsp3) is 0.625. The molecule has 1 aromatic heterocycles. The standard InChI is InChI=1S/C24H35N5O5S2/c1-7-11-27(6)36(32,33)28-12-10-18-20(28)15(2)21(30)29(18)22-26-17-9-8-16(13-19(17)35-22)14-25-23(31)34-24(3,4)5/h8-9,13,15,18,20H,7,10-12,14H2,1-6H3,(H,25,31)/t15-,18-,20+/m0/s1. The number of rotatable bonds is 7. The summed E-state index contributed by atoms with van der Waals surface area (Å²) in [5.41, 5.74) is 1.07. The number of anilines is 1. The van der Waals surface area contributed by atoms with Crippen molar-refractivity contribution < 1.29 is 22.7 Å². The number of carbonyl (C=O) groups excluding carboxylic acids is 2. The number of fused-ring (bicyclic) bond motifs is 2. The number of benzene rings is 1. The number of hydrogen-bond donors (Lipinski definition) is 1. The SMILES string of the molecule is CCCN(C)S(=O)(=O)N1CC[C@H]2[C@H]1[C@H](C)C(=O)N2c1nc2ccc(CNC(=O)OC(C)(C)C)cc2s1. The summed E-state index contributed by atoms with van der Waals surface area (Å²) in [4.78, 5) is 31.7. The Balaban J connectivity index is 1.54. The van der Waals surface area contributed by atoms with Gasteiger partial charge in [0.1, 0.15) is 5.60 Å². The number of nitrogens with one attached hydrogen (secondary N) is 1. The van der Waals surface area contributed by atoms with E-state index in [-0.39, 0.29) is 11.9 Å². The highest BCUT2D eigenvalue weighted by Gasteiger charge is 2.56. The van der Waals surface area contributed by atoms with E-state index in [4.69, 9.17) is 9.72 Å². The lowest BCUT2D eigenvalue weighted by Crippen LogP contribution is -2.48. The Morgan fingerprint density at radius 1 is 1.33 bits per heavy atom. The van der Waals surface area contributed by atoms with Gasteiger partial charge >= 0.3 is 6.09 Å². The maximum atomic E-state index is 13.3. The molecule has 0 spiro atoms. The first kappa shape index (κ1) is 26.8. The molecule has 0 aliphatic carbocycles. The van der Waals surface area contributed by atoms with Crippen molar-refractivity contribution in [3.63, 3.8) is 0 Å². The summed E-state index contributed by atoms with van der Waals surface area (Å²) in [6, 6.07) is 5.04. The number of ether oxygens (including phenoxy) is 1. The predicted octanol–water partition coefficient (Wildman–Crippen LogP) is 3.33. The minimum Gasteiger partial charge on any atom is -0.444 e. The molecule has 1 N–H and O–H groups in total. The fourth-order valence-corrected chi connectivity index (χ4v) is 7.77. The van der Waals surface area contributed by atoms with Crippen molar-refractivity contribution in [2.24, 2.45) is 5.92 Å². The topological polar surface area (TPSA) is 112 Å². The van der Waals surface area contributed by atoms with E-state index in [9.17, 15) is 18.0 Å². The van der Waals surface area contributed by atoms with Crippen LogP contribution in [0, 0.1) is 5.92 Å². The van der Waals surface area contributed by atoms with Crippen molar-refractivity contribution >= 4 is 48.9 Å². The molecule has 2 aliphatic heterocycles. The first-order chi connectivity index (χ1) is 16.8. The summed E-state index contributed by atoms with van der Waals surface area (Å²) in [6.07, 6.45) is 0.806. The number of carbonyl (C=O) groups is 2. The highest BCUT2D eigenvalue weighted by Crippen LogP contribution is 2.43. The van der Waals surface area contributed by atoms with Gasteiger partial charge in [-0.15, -0.1) is 0 Å². The lowest BCUT2D eigenvalue weighted by Gasteiger charge is -2.29. The molecule has 0 radical (unpaired) electrons. The molecule has 10 nitrogen and oxygen atoms in total. The quantitative estimate of drug-likeness (QED) is 0.580. The first-order valence-electron chi connectivity index (χ1n) is 12.3. The van der Waals surface area contributed by atoms with Crippen molar-refractivity contribution in [3.05, 3.63) is 23.8 Å². The Morgan fingerprint density at radius 2 is 2.06 bits per heavy atom. The Kier molecular flexibility index (Phi) is 7.35. The van der Waals surface area contributed by atoms with Crippen molar-refractivity contribution in [1.82, 2.24) is 18.9 Å². The second-order valence-corrected chi connectivity index (χ2v) is 13.4. The van der Waals surface area contributed by atoms with Gasteiger partial charge in [0, 0.05) is 26.7 Å². The Bertz CT molecular complexity index is 1260. The molecule has 0 saturated carbocycles. The van der Waals surface area contributed by atoms with E-state index in [1.54, 1.807) is 18.9 Å². The molecule has 36 heavy (non-hydrogen) atoms. The number of alkyl carbamates (subject to hydrolysis) is 1. The van der Waals surface area contributed by atoms with Crippen LogP contribution in [-0.2, 0) is 26.3 Å². The molecule has 2 fully saturated rings. The van der Waals surface area contributed by atoms with Gasteiger partial charge in [0.05, 0.1) is 28.2 Å². The van der Waals surface area contributed by atoms with Crippen LogP contribution in [0.25, 0.3) is 10.2 Å². The van der Waals surface area contributed by atoms with Gasteiger partial charge < -0.3 is 10.1 Å². The van der Waals surface area contributed by atoms with Crippen molar-refractivity contribution in [1.29, 1.82) is 0 Å². The van der Waals surface area contributed by atoms with Gasteiger partial charge in [0.15, 0.2) is 5.13 Å². The fourth-order valence-electron chi connectivity index (χ4n) is 4.94. The van der Waals surface area contributed by atoms with E-state index in [0.717, 1.165) is 22.2 Å². The lowest BCUT2D eigenvalue weighted by atomic mass is 10.0. The Hall–Kier alpha value is -2.28. The van der Waals surface area contributed by atoms with E-state index in [0.29, 0.717) is 31.2 Å². The van der Waals surface area contributed by atoms with Crippen LogP contribution < -0.4 is 10.2 Å². The third kappa shape index (κ3) is 5.09. The molecule has 3 atom stereocenters. The van der Waals surface area contributed by atoms with E-state index < -0.39 is 33.9 Å². The van der Waals surface area contributed by atoms with Gasteiger partial charge in [-0.3, -0.25) is 9.69 Å². The summed E-state index contributed by atoms with van der Waals surface area (Å²) in [5, 5.41) is 3.33. The highest BCUT2D eigenvalue weighted by atomic mass is 32.2. The molecule has 0 bridgehead atoms. The second kappa shape index (κ2) is 9.88. The smallest absolute Gasteiger partial charge is 0.407 e. The molecule has 2 aromatic rings. The normalized spacial score (nSPS) is 23.0. The summed E-state index contributed by atoms with van der Waals surface area (Å²) in [6.45, 7) is 10.3. The molecule has 3 heterocycles. The Morgan fingerprint density at radius 3 is 2.72 bits per heavy atom. The van der Waals surface area contributed by atoms with Gasteiger partial charge in [0.2, 0.25) is 5.91 Å². The third-order valence-corrected chi connectivity index (χ3v) is 9.56. The minimum atomic E-state index is -3.65. The average molecular weight is 538 g/mol. The monoisotopic (exact) mass is 537 g/mol. The summed E-state index contributed by atoms with van der Waals surface area (Å²) < 4.78 is 35.4. The molecule has 1 aromatic carbocycles. The van der Waals surface area contributed by atoms with E-state index in [2.05, 4.69) is 5.32 Å². The Labute approximate surface area is 216 Å². The summed E-state index contributed by atoms with van der Waals surface area (Å²) in [5.74, 6) is -0.558. The maximum Gasteiger partial charge on any atom is 0.407 e. The summed E-state index contributed by atoms with van der Waals surface area (Å²) >= 11 is 1.40. The zero-order valence-corrected chi connectivity index (χ0v) is 23.3. The molecule has 2 saturated heterocycles. The molecule has 2 aliphatic rings. The van der Waals surface area contributed by atoms with Gasteiger partial charge in [-0.25, -0.2) is 9.78 Å². The largest absolute Gasteiger partial charge is 0.444 e. The van der Waals surface area contributed by atoms with Gasteiger partial charge in [-0.2, -0.15) is 17.0 Å².